The molecule has 7 heteroatoms. The van der Waals surface area contributed by atoms with Crippen LogP contribution in [0, 0.1) is 11.8 Å². The fourth-order valence-electron chi connectivity index (χ4n) is 3.12. The summed E-state index contributed by atoms with van der Waals surface area (Å²) in [6, 6.07) is 0. The molecular weight excluding hydrogens is 300 g/mol. The second kappa shape index (κ2) is 7.35. The molecule has 0 aliphatic carbocycles. The normalized spacial score (nSPS) is 23.5. The van der Waals surface area contributed by atoms with Gasteiger partial charge in [-0.1, -0.05) is 32.5 Å². The number of aromatic nitrogens is 3. The van der Waals surface area contributed by atoms with Gasteiger partial charge in [-0.15, -0.1) is 5.10 Å². The number of hydrogen-bond acceptors (Lipinski definition) is 4. The van der Waals surface area contributed by atoms with Crippen molar-refractivity contribution < 1.29 is 4.79 Å². The molecule has 0 saturated carbocycles. The number of nitrogens with one attached hydrogen (secondary N) is 1. The molecule has 1 N–H and O–H groups in total. The largest absolute Gasteiger partial charge is 0.343 e. The molecule has 22 heavy (non-hydrogen) atoms. The van der Waals surface area contributed by atoms with Gasteiger partial charge in [0.05, 0.1) is 5.25 Å². The summed E-state index contributed by atoms with van der Waals surface area (Å²) < 4.78 is 1.61. The van der Waals surface area contributed by atoms with E-state index in [0.29, 0.717) is 23.5 Å². The molecule has 0 unspecified atom stereocenters. The minimum absolute atomic E-state index is 0.141. The van der Waals surface area contributed by atoms with Gasteiger partial charge < -0.3 is 4.90 Å². The number of piperidine rings is 1. The molecule has 1 saturated heterocycles. The Balaban J connectivity index is 2.04. The third-order valence-corrected chi connectivity index (χ3v) is 5.06. The van der Waals surface area contributed by atoms with E-state index in [2.05, 4.69) is 24.0 Å². The summed E-state index contributed by atoms with van der Waals surface area (Å²) in [4.78, 5) is 26.3. The average Bonchev–Trinajstić information content (AvgIpc) is 2.79. The van der Waals surface area contributed by atoms with E-state index in [1.165, 1.54) is 18.2 Å². The fraction of sp³-hybridized carbons (Fsp3) is 0.800. The number of thioether (sulfide) groups is 1. The lowest BCUT2D eigenvalue weighted by Gasteiger charge is -2.36. The third kappa shape index (κ3) is 3.94. The molecule has 0 aromatic carbocycles. The van der Waals surface area contributed by atoms with Crippen molar-refractivity contribution in [3.05, 3.63) is 10.5 Å². The maximum absolute atomic E-state index is 12.6. The van der Waals surface area contributed by atoms with Crippen LogP contribution in [0.2, 0.25) is 0 Å². The maximum atomic E-state index is 12.6. The highest BCUT2D eigenvalue weighted by molar-refractivity contribution is 8.00. The maximum Gasteiger partial charge on any atom is 0.343 e. The molecule has 2 heterocycles. The third-order valence-electron chi connectivity index (χ3n) is 3.98. The predicted octanol–water partition coefficient (Wildman–Crippen LogP) is 1.97. The summed E-state index contributed by atoms with van der Waals surface area (Å²) in [5.41, 5.74) is -0.204. The van der Waals surface area contributed by atoms with Crippen LogP contribution in [-0.2, 0) is 11.3 Å². The van der Waals surface area contributed by atoms with Crippen LogP contribution >= 0.6 is 11.8 Å². The first-order valence-corrected chi connectivity index (χ1v) is 8.91. The Hall–Kier alpha value is -1.24. The highest BCUT2D eigenvalue weighted by Gasteiger charge is 2.29. The van der Waals surface area contributed by atoms with Gasteiger partial charge in [-0.2, -0.15) is 0 Å². The number of nitrogens with zero attached hydrogens (tertiary/aromatic N) is 3. The second-order valence-corrected chi connectivity index (χ2v) is 7.72. The van der Waals surface area contributed by atoms with E-state index in [0.717, 1.165) is 19.5 Å². The minimum atomic E-state index is -0.233. The number of hydrogen-bond donors (Lipinski definition) is 1. The van der Waals surface area contributed by atoms with Gasteiger partial charge in [0.1, 0.15) is 0 Å². The van der Waals surface area contributed by atoms with Crippen LogP contribution in [0.5, 0.6) is 0 Å². The van der Waals surface area contributed by atoms with E-state index in [9.17, 15) is 9.59 Å². The summed E-state index contributed by atoms with van der Waals surface area (Å²) in [6.45, 7) is 10.6. The Kier molecular flexibility index (Phi) is 5.72. The van der Waals surface area contributed by atoms with Gasteiger partial charge in [-0.3, -0.25) is 9.36 Å². The number of rotatable bonds is 5. The summed E-state index contributed by atoms with van der Waals surface area (Å²) in [5.74, 6) is 1.24. The highest BCUT2D eigenvalue weighted by Crippen LogP contribution is 2.26. The first-order chi connectivity index (χ1) is 10.4. The lowest BCUT2D eigenvalue weighted by atomic mass is 9.92. The van der Waals surface area contributed by atoms with Crippen molar-refractivity contribution >= 4 is 17.7 Å². The number of carbonyl (C=O) groups excluding carboxylic acids is 1. The molecule has 3 atom stereocenters. The standard InChI is InChI=1S/C15H26N4O2S/c1-5-6-19-14(21)16-17-15(19)22-12(4)13(20)18-8-10(2)7-11(3)9-18/h10-12H,5-9H2,1-4H3,(H,16,21)/t10-,11-,12-/m1/s1. The van der Waals surface area contributed by atoms with Crippen molar-refractivity contribution in [1.82, 2.24) is 19.7 Å². The number of aromatic amines is 1. The van der Waals surface area contributed by atoms with Crippen LogP contribution in [0.4, 0.5) is 0 Å². The molecular formula is C15H26N4O2S. The zero-order valence-corrected chi connectivity index (χ0v) is 14.7. The Bertz CT molecular complexity index is 558. The van der Waals surface area contributed by atoms with Gasteiger partial charge in [-0.05, 0) is 31.6 Å². The van der Waals surface area contributed by atoms with Crippen molar-refractivity contribution in [3.8, 4) is 0 Å². The quantitative estimate of drug-likeness (QED) is 0.840. The van der Waals surface area contributed by atoms with Crippen molar-refractivity contribution in [3.63, 3.8) is 0 Å². The molecule has 1 amide bonds. The monoisotopic (exact) mass is 326 g/mol. The van der Waals surface area contributed by atoms with E-state index in [1.54, 1.807) is 4.57 Å². The first-order valence-electron chi connectivity index (χ1n) is 8.03. The Morgan fingerprint density at radius 1 is 1.41 bits per heavy atom. The lowest BCUT2D eigenvalue weighted by Crippen LogP contribution is -2.45. The second-order valence-electron chi connectivity index (χ2n) is 6.41. The molecule has 1 fully saturated rings. The fourth-order valence-corrected chi connectivity index (χ4v) is 4.09. The van der Waals surface area contributed by atoms with Crippen LogP contribution in [0.25, 0.3) is 0 Å². The number of amides is 1. The summed E-state index contributed by atoms with van der Waals surface area (Å²) in [5, 5.41) is 6.89. The number of likely N-dealkylation sites (tertiary alicyclic amines) is 1. The van der Waals surface area contributed by atoms with Crippen LogP contribution in [0.3, 0.4) is 0 Å². The molecule has 0 bridgehead atoms. The molecule has 1 aliphatic heterocycles. The van der Waals surface area contributed by atoms with Gasteiger partial charge in [0, 0.05) is 19.6 Å². The predicted molar refractivity (Wildman–Crippen MR) is 88.0 cm³/mol. The molecule has 1 aliphatic rings. The highest BCUT2D eigenvalue weighted by atomic mass is 32.2. The van der Waals surface area contributed by atoms with Crippen molar-refractivity contribution in [2.45, 2.75) is 57.5 Å². The molecule has 2 rings (SSSR count). The average molecular weight is 326 g/mol. The Labute approximate surface area is 135 Å². The molecule has 1 aromatic heterocycles. The summed E-state index contributed by atoms with van der Waals surface area (Å²) >= 11 is 1.36. The van der Waals surface area contributed by atoms with E-state index in [4.69, 9.17) is 0 Å². The van der Waals surface area contributed by atoms with Crippen LogP contribution in [0.1, 0.15) is 40.5 Å². The van der Waals surface area contributed by atoms with Crippen molar-refractivity contribution in [1.29, 1.82) is 0 Å². The van der Waals surface area contributed by atoms with E-state index < -0.39 is 0 Å². The first kappa shape index (κ1) is 17.1. The molecule has 124 valence electrons. The zero-order chi connectivity index (χ0) is 16.3. The number of carbonyl (C=O) groups is 1. The Morgan fingerprint density at radius 3 is 2.64 bits per heavy atom. The van der Waals surface area contributed by atoms with Crippen LogP contribution in [0.15, 0.2) is 9.95 Å². The lowest BCUT2D eigenvalue weighted by molar-refractivity contribution is -0.132. The van der Waals surface area contributed by atoms with Crippen molar-refractivity contribution in [2.75, 3.05) is 13.1 Å². The SMILES string of the molecule is CCCn1c(S[C@H](C)C(=O)N2C[C@H](C)C[C@@H](C)C2)n[nH]c1=O. The topological polar surface area (TPSA) is 71.0 Å². The summed E-state index contributed by atoms with van der Waals surface area (Å²) in [7, 11) is 0. The van der Waals surface area contributed by atoms with E-state index in [1.807, 2.05) is 18.7 Å². The molecule has 6 nitrogen and oxygen atoms in total. The molecule has 0 spiro atoms. The smallest absolute Gasteiger partial charge is 0.341 e. The molecule has 1 aromatic rings. The van der Waals surface area contributed by atoms with Gasteiger partial charge in [-0.25, -0.2) is 9.89 Å². The van der Waals surface area contributed by atoms with Gasteiger partial charge in [0.2, 0.25) is 5.91 Å². The van der Waals surface area contributed by atoms with Crippen LogP contribution < -0.4 is 5.69 Å². The van der Waals surface area contributed by atoms with E-state index >= 15 is 0 Å². The molecule has 0 radical (unpaired) electrons. The van der Waals surface area contributed by atoms with Gasteiger partial charge in [0.25, 0.3) is 0 Å². The van der Waals surface area contributed by atoms with Crippen LogP contribution in [-0.4, -0.2) is 43.9 Å². The number of H-pyrrole nitrogens is 1. The van der Waals surface area contributed by atoms with Gasteiger partial charge >= 0.3 is 5.69 Å². The summed E-state index contributed by atoms with van der Waals surface area (Å²) in [6.07, 6.45) is 2.04. The van der Waals surface area contributed by atoms with Crippen molar-refractivity contribution in [2.24, 2.45) is 11.8 Å². The zero-order valence-electron chi connectivity index (χ0n) is 13.8. The minimum Gasteiger partial charge on any atom is -0.341 e. The van der Waals surface area contributed by atoms with Gasteiger partial charge in [0.15, 0.2) is 5.16 Å². The Morgan fingerprint density at radius 2 is 2.05 bits per heavy atom. The van der Waals surface area contributed by atoms with E-state index in [-0.39, 0.29) is 16.8 Å².